The summed E-state index contributed by atoms with van der Waals surface area (Å²) in [5.41, 5.74) is 7.41. The van der Waals surface area contributed by atoms with E-state index >= 15 is 0 Å². The fourth-order valence-electron chi connectivity index (χ4n) is 5.54. The highest BCUT2D eigenvalue weighted by molar-refractivity contribution is 5.93. The van der Waals surface area contributed by atoms with Crippen molar-refractivity contribution >= 4 is 16.5 Å². The van der Waals surface area contributed by atoms with E-state index < -0.39 is 0 Å². The molecule has 2 N–H and O–H groups in total. The lowest BCUT2D eigenvalue weighted by molar-refractivity contribution is 0.334. The predicted molar refractivity (Wildman–Crippen MR) is 156 cm³/mol. The van der Waals surface area contributed by atoms with E-state index in [1.165, 1.54) is 25.9 Å². The van der Waals surface area contributed by atoms with E-state index in [1.807, 2.05) is 32.3 Å². The highest BCUT2D eigenvalue weighted by Crippen LogP contribution is 2.32. The third kappa shape index (κ3) is 5.24. The van der Waals surface area contributed by atoms with Crippen molar-refractivity contribution in [3.8, 4) is 22.8 Å². The van der Waals surface area contributed by atoms with Crippen LogP contribution in [0, 0.1) is 12.7 Å². The number of likely N-dealkylation sites (tertiary alicyclic amines) is 1. The predicted octanol–water partition coefficient (Wildman–Crippen LogP) is 5.84. The van der Waals surface area contributed by atoms with E-state index in [4.69, 9.17) is 4.98 Å². The van der Waals surface area contributed by atoms with E-state index in [-0.39, 0.29) is 5.82 Å². The Morgan fingerprint density at radius 1 is 1.15 bits per heavy atom. The number of aryl methyl sites for hydroxylation is 3. The molecule has 4 aromatic heterocycles. The summed E-state index contributed by atoms with van der Waals surface area (Å²) in [6.07, 6.45) is 13.5. The van der Waals surface area contributed by atoms with Crippen molar-refractivity contribution in [3.63, 3.8) is 0 Å². The monoisotopic (exact) mass is 536 g/mol. The lowest BCUT2D eigenvalue weighted by Gasteiger charge is -2.14. The first-order valence-corrected chi connectivity index (χ1v) is 13.7. The second-order valence-corrected chi connectivity index (χ2v) is 10.5. The Bertz CT molecular complexity index is 1700. The van der Waals surface area contributed by atoms with Gasteiger partial charge in [0.05, 0.1) is 29.3 Å². The third-order valence-electron chi connectivity index (χ3n) is 7.50. The molecule has 1 aliphatic rings. The first-order valence-electron chi connectivity index (χ1n) is 13.7. The molecule has 204 valence electrons. The van der Waals surface area contributed by atoms with Crippen LogP contribution in [-0.4, -0.2) is 59.5 Å². The summed E-state index contributed by atoms with van der Waals surface area (Å²) in [7, 11) is 1.88. The molecule has 5 heterocycles. The Labute approximate surface area is 232 Å². The SMILES string of the molecule is C=C/C=C(/c1cc(F)cc(CCCN2CCCC2)c1)c1nc(-c2n[nH]c3cnc(-c4cnn(C)c4)cc23)[nH]c1C. The standard InChI is InChI=1S/C31H33FN8/c1-4-8-25(22-13-21(14-24(32)15-22)9-7-12-40-10-5-6-11-40)29-20(2)35-31(36-29)30-26-16-27(23-17-34-39(3)19-23)33-18-28(26)37-38-30/h4,8,13-19H,1,5-7,9-12H2,2-3H3,(H,35,36)(H,37,38)/b25-8-. The van der Waals surface area contributed by atoms with Crippen molar-refractivity contribution in [2.24, 2.45) is 7.05 Å². The van der Waals surface area contributed by atoms with Crippen molar-refractivity contribution in [2.45, 2.75) is 32.6 Å². The first-order chi connectivity index (χ1) is 19.5. The van der Waals surface area contributed by atoms with Crippen LogP contribution in [0.15, 0.2) is 61.6 Å². The molecule has 5 aromatic rings. The van der Waals surface area contributed by atoms with Gasteiger partial charge in [-0.05, 0) is 81.6 Å². The number of H-pyrrole nitrogens is 2. The zero-order valence-electron chi connectivity index (χ0n) is 22.9. The van der Waals surface area contributed by atoms with Gasteiger partial charge in [0.1, 0.15) is 11.5 Å². The number of allylic oxidation sites excluding steroid dienone is 2. The van der Waals surface area contributed by atoms with Crippen LogP contribution in [0.4, 0.5) is 4.39 Å². The molecule has 0 saturated carbocycles. The third-order valence-corrected chi connectivity index (χ3v) is 7.50. The van der Waals surface area contributed by atoms with Gasteiger partial charge in [-0.25, -0.2) is 9.37 Å². The molecule has 9 heteroatoms. The highest BCUT2D eigenvalue weighted by atomic mass is 19.1. The van der Waals surface area contributed by atoms with E-state index in [0.717, 1.165) is 69.6 Å². The van der Waals surface area contributed by atoms with Crippen molar-refractivity contribution in [1.82, 2.24) is 39.8 Å². The molecule has 0 amide bonds. The van der Waals surface area contributed by atoms with Crippen molar-refractivity contribution in [3.05, 3.63) is 89.9 Å². The Morgan fingerprint density at radius 3 is 2.77 bits per heavy atom. The number of benzene rings is 1. The van der Waals surface area contributed by atoms with Crippen molar-refractivity contribution in [1.29, 1.82) is 0 Å². The van der Waals surface area contributed by atoms with Gasteiger partial charge in [-0.3, -0.25) is 14.8 Å². The number of hydrogen-bond acceptors (Lipinski definition) is 5. The van der Waals surface area contributed by atoms with Crippen LogP contribution in [-0.2, 0) is 13.5 Å². The summed E-state index contributed by atoms with van der Waals surface area (Å²) in [6, 6.07) is 7.28. The Kier molecular flexibility index (Phi) is 7.13. The minimum atomic E-state index is -0.245. The lowest BCUT2D eigenvalue weighted by atomic mass is 9.97. The van der Waals surface area contributed by atoms with Crippen LogP contribution in [0.1, 0.15) is 41.8 Å². The van der Waals surface area contributed by atoms with Gasteiger partial charge in [0.15, 0.2) is 5.82 Å². The molecule has 1 aromatic carbocycles. The largest absolute Gasteiger partial charge is 0.340 e. The number of rotatable bonds is 9. The minimum absolute atomic E-state index is 0.245. The fourth-order valence-corrected chi connectivity index (χ4v) is 5.54. The summed E-state index contributed by atoms with van der Waals surface area (Å²) in [6.45, 7) is 9.28. The topological polar surface area (TPSA) is 91.3 Å². The Balaban J connectivity index is 1.32. The van der Waals surface area contributed by atoms with Gasteiger partial charge in [0.2, 0.25) is 0 Å². The molecule has 1 aliphatic heterocycles. The van der Waals surface area contributed by atoms with E-state index in [9.17, 15) is 4.39 Å². The summed E-state index contributed by atoms with van der Waals surface area (Å²) >= 11 is 0. The number of fused-ring (bicyclic) bond motifs is 1. The quantitative estimate of drug-likeness (QED) is 0.231. The summed E-state index contributed by atoms with van der Waals surface area (Å²) < 4.78 is 16.6. The molecule has 0 unspecified atom stereocenters. The number of pyridine rings is 1. The van der Waals surface area contributed by atoms with Crippen LogP contribution in [0.3, 0.4) is 0 Å². The van der Waals surface area contributed by atoms with Crippen molar-refractivity contribution < 1.29 is 4.39 Å². The number of nitrogens with one attached hydrogen (secondary N) is 2. The molecule has 40 heavy (non-hydrogen) atoms. The van der Waals surface area contributed by atoms with Gasteiger partial charge in [0.25, 0.3) is 0 Å². The molecular formula is C31H33FN8. The van der Waals surface area contributed by atoms with E-state index in [2.05, 4.69) is 42.8 Å². The molecule has 0 spiro atoms. The Hall–Kier alpha value is -4.37. The number of hydrogen-bond donors (Lipinski definition) is 2. The van der Waals surface area contributed by atoms with Crippen LogP contribution < -0.4 is 0 Å². The molecule has 8 nitrogen and oxygen atoms in total. The number of aromatic amines is 2. The second kappa shape index (κ2) is 11.0. The molecule has 0 bridgehead atoms. The maximum Gasteiger partial charge on any atom is 0.159 e. The maximum absolute atomic E-state index is 14.8. The summed E-state index contributed by atoms with van der Waals surface area (Å²) in [4.78, 5) is 15.4. The van der Waals surface area contributed by atoms with Gasteiger partial charge in [0, 0.05) is 35.5 Å². The number of nitrogens with zero attached hydrogens (tertiary/aromatic N) is 6. The molecule has 0 atom stereocenters. The van der Waals surface area contributed by atoms with E-state index in [0.29, 0.717) is 11.5 Å². The molecule has 0 radical (unpaired) electrons. The average molecular weight is 537 g/mol. The highest BCUT2D eigenvalue weighted by Gasteiger charge is 2.19. The summed E-state index contributed by atoms with van der Waals surface area (Å²) in [5.74, 6) is 0.380. The average Bonchev–Trinajstić information content (AvgIpc) is 3.74. The van der Waals surface area contributed by atoms with Gasteiger partial charge in [-0.15, -0.1) is 0 Å². The zero-order valence-corrected chi connectivity index (χ0v) is 22.9. The molecule has 6 rings (SSSR count). The smallest absolute Gasteiger partial charge is 0.159 e. The van der Waals surface area contributed by atoms with Crippen LogP contribution in [0.2, 0.25) is 0 Å². The van der Waals surface area contributed by atoms with Crippen LogP contribution >= 0.6 is 0 Å². The molecule has 0 aliphatic carbocycles. The fraction of sp³-hybridized carbons (Fsp3) is 0.290. The maximum atomic E-state index is 14.8. The second-order valence-electron chi connectivity index (χ2n) is 10.5. The summed E-state index contributed by atoms with van der Waals surface area (Å²) in [5, 5.41) is 12.8. The first kappa shape index (κ1) is 25.9. The van der Waals surface area contributed by atoms with Crippen LogP contribution in [0.25, 0.3) is 39.3 Å². The molecule has 1 saturated heterocycles. The zero-order chi connectivity index (χ0) is 27.6. The van der Waals surface area contributed by atoms with Gasteiger partial charge in [-0.1, -0.05) is 24.8 Å². The molecular weight excluding hydrogens is 503 g/mol. The Morgan fingerprint density at radius 2 is 2.00 bits per heavy atom. The van der Waals surface area contributed by atoms with Gasteiger partial charge < -0.3 is 9.88 Å². The van der Waals surface area contributed by atoms with Gasteiger partial charge in [-0.2, -0.15) is 10.2 Å². The minimum Gasteiger partial charge on any atom is -0.340 e. The van der Waals surface area contributed by atoms with Crippen molar-refractivity contribution in [2.75, 3.05) is 19.6 Å². The normalized spacial score (nSPS) is 14.4. The number of aromatic nitrogens is 7. The molecule has 1 fully saturated rings. The van der Waals surface area contributed by atoms with Gasteiger partial charge >= 0.3 is 0 Å². The lowest BCUT2D eigenvalue weighted by Crippen LogP contribution is -2.20. The van der Waals surface area contributed by atoms with E-state index in [1.54, 1.807) is 35.3 Å². The number of imidazole rings is 1. The van der Waals surface area contributed by atoms with Crippen LogP contribution in [0.5, 0.6) is 0 Å². The number of halogens is 1.